The number of sulfone groups is 1. The Labute approximate surface area is 184 Å². The van der Waals surface area contributed by atoms with Crippen molar-refractivity contribution in [1.29, 1.82) is 0 Å². The third kappa shape index (κ3) is 8.65. The SMILES string of the molecule is CC(C)OC(=O)N1CCC(O)CC1.CS(=O)(=O)c1ccc(OC2CCCCC2)c(F)c1. The summed E-state index contributed by atoms with van der Waals surface area (Å²) in [5, 5.41) is 9.21. The molecule has 1 aliphatic heterocycles. The molecule has 1 aromatic carbocycles. The predicted octanol–water partition coefficient (Wildman–Crippen LogP) is 3.93. The Balaban J connectivity index is 0.000000233. The number of rotatable bonds is 4. The summed E-state index contributed by atoms with van der Waals surface area (Å²) in [6.45, 7) is 4.87. The predicted molar refractivity (Wildman–Crippen MR) is 115 cm³/mol. The molecule has 0 unspecified atom stereocenters. The summed E-state index contributed by atoms with van der Waals surface area (Å²) >= 11 is 0. The number of ether oxygens (including phenoxy) is 2. The highest BCUT2D eigenvalue weighted by atomic mass is 32.2. The van der Waals surface area contributed by atoms with E-state index in [-0.39, 0.29) is 35.1 Å². The topological polar surface area (TPSA) is 93.1 Å². The van der Waals surface area contributed by atoms with Gasteiger partial charge < -0.3 is 19.5 Å². The van der Waals surface area contributed by atoms with Crippen LogP contribution in [0, 0.1) is 5.82 Å². The molecule has 3 rings (SSSR count). The fourth-order valence-corrected chi connectivity index (χ4v) is 4.13. The first-order chi connectivity index (χ1) is 14.6. The van der Waals surface area contributed by atoms with Gasteiger partial charge in [0.15, 0.2) is 21.4 Å². The molecule has 0 spiro atoms. The first-order valence-corrected chi connectivity index (χ1v) is 12.7. The van der Waals surface area contributed by atoms with Crippen LogP contribution in [0.5, 0.6) is 5.75 Å². The van der Waals surface area contributed by atoms with E-state index >= 15 is 0 Å². The van der Waals surface area contributed by atoms with E-state index < -0.39 is 15.7 Å². The molecule has 9 heteroatoms. The van der Waals surface area contributed by atoms with Gasteiger partial charge in [-0.2, -0.15) is 0 Å². The van der Waals surface area contributed by atoms with Gasteiger partial charge in [0.25, 0.3) is 0 Å². The standard InChI is InChI=1S/C13H17FO3S.C9H17NO3/c1-18(15,16)11-7-8-13(12(14)9-11)17-10-5-3-2-4-6-10;1-7(2)13-9(12)10-5-3-8(11)4-6-10/h7-10H,2-6H2,1H3;7-8,11H,3-6H2,1-2H3. The fraction of sp³-hybridized carbons (Fsp3) is 0.682. The van der Waals surface area contributed by atoms with Crippen molar-refractivity contribution in [1.82, 2.24) is 4.90 Å². The average Bonchev–Trinajstić information content (AvgIpc) is 2.70. The van der Waals surface area contributed by atoms with Crippen molar-refractivity contribution in [2.24, 2.45) is 0 Å². The molecule has 7 nitrogen and oxygen atoms in total. The Bertz CT molecular complexity index is 815. The Morgan fingerprint density at radius 3 is 2.26 bits per heavy atom. The number of carbonyl (C=O) groups excluding carboxylic acids is 1. The third-order valence-corrected chi connectivity index (χ3v) is 6.35. The van der Waals surface area contributed by atoms with E-state index in [2.05, 4.69) is 0 Å². The van der Waals surface area contributed by atoms with Crippen LogP contribution in [0.15, 0.2) is 23.1 Å². The van der Waals surface area contributed by atoms with Gasteiger partial charge in [0.05, 0.1) is 23.2 Å². The summed E-state index contributed by atoms with van der Waals surface area (Å²) in [5.74, 6) is -0.460. The second-order valence-electron chi connectivity index (χ2n) is 8.39. The van der Waals surface area contributed by atoms with Gasteiger partial charge in [-0.05, 0) is 70.6 Å². The molecular weight excluding hydrogens is 425 g/mol. The van der Waals surface area contributed by atoms with Crippen LogP contribution >= 0.6 is 0 Å². The van der Waals surface area contributed by atoms with Crippen molar-refractivity contribution in [3.05, 3.63) is 24.0 Å². The van der Waals surface area contributed by atoms with Crippen LogP contribution in [-0.4, -0.2) is 62.2 Å². The highest BCUT2D eigenvalue weighted by molar-refractivity contribution is 7.90. The molecule has 2 fully saturated rings. The second-order valence-corrected chi connectivity index (χ2v) is 10.4. The lowest BCUT2D eigenvalue weighted by molar-refractivity contribution is 0.0457. The third-order valence-electron chi connectivity index (χ3n) is 5.24. The van der Waals surface area contributed by atoms with Crippen LogP contribution in [-0.2, 0) is 14.6 Å². The van der Waals surface area contributed by atoms with E-state index in [9.17, 15) is 22.7 Å². The number of hydrogen-bond donors (Lipinski definition) is 1. The zero-order valence-electron chi connectivity index (χ0n) is 18.5. The number of nitrogens with zero attached hydrogens (tertiary/aromatic N) is 1. The van der Waals surface area contributed by atoms with Crippen molar-refractivity contribution in [2.45, 2.75) is 82.0 Å². The minimum atomic E-state index is -3.37. The lowest BCUT2D eigenvalue weighted by atomic mass is 9.98. The van der Waals surface area contributed by atoms with E-state index in [1.807, 2.05) is 13.8 Å². The average molecular weight is 460 g/mol. The van der Waals surface area contributed by atoms with E-state index in [1.54, 1.807) is 4.90 Å². The zero-order valence-corrected chi connectivity index (χ0v) is 19.4. The molecule has 1 aromatic rings. The smallest absolute Gasteiger partial charge is 0.410 e. The van der Waals surface area contributed by atoms with Gasteiger partial charge in [-0.3, -0.25) is 0 Å². The van der Waals surface area contributed by atoms with Crippen molar-refractivity contribution < 1.29 is 32.2 Å². The summed E-state index contributed by atoms with van der Waals surface area (Å²) < 4.78 is 46.9. The van der Waals surface area contributed by atoms with Gasteiger partial charge in [-0.15, -0.1) is 0 Å². The first kappa shape index (κ1) is 25.4. The molecule has 2 aliphatic rings. The van der Waals surface area contributed by atoms with E-state index in [0.717, 1.165) is 38.0 Å². The van der Waals surface area contributed by atoms with Gasteiger partial charge in [0, 0.05) is 19.3 Å². The quantitative estimate of drug-likeness (QED) is 0.733. The second kappa shape index (κ2) is 11.7. The molecule has 0 radical (unpaired) electrons. The summed E-state index contributed by atoms with van der Waals surface area (Å²) in [4.78, 5) is 13.0. The molecule has 1 saturated heterocycles. The number of benzene rings is 1. The molecule has 0 atom stereocenters. The molecule has 1 amide bonds. The molecular formula is C22H34FNO6S. The number of aliphatic hydroxyl groups excluding tert-OH is 1. The maximum absolute atomic E-state index is 13.7. The number of aliphatic hydroxyl groups is 1. The van der Waals surface area contributed by atoms with Crippen molar-refractivity contribution in [2.75, 3.05) is 19.3 Å². The van der Waals surface area contributed by atoms with E-state index in [0.29, 0.717) is 25.9 Å². The maximum atomic E-state index is 13.7. The fourth-order valence-electron chi connectivity index (χ4n) is 3.49. The van der Waals surface area contributed by atoms with Crippen LogP contribution in [0.25, 0.3) is 0 Å². The number of piperidine rings is 1. The molecule has 0 aromatic heterocycles. The minimum absolute atomic E-state index is 0.0176. The number of amides is 1. The van der Waals surface area contributed by atoms with Gasteiger partial charge in [-0.1, -0.05) is 6.42 Å². The van der Waals surface area contributed by atoms with Crippen molar-refractivity contribution >= 4 is 15.9 Å². The Hall–Kier alpha value is -1.87. The van der Waals surface area contributed by atoms with E-state index in [4.69, 9.17) is 9.47 Å². The van der Waals surface area contributed by atoms with Crippen LogP contribution in [0.1, 0.15) is 58.8 Å². The Morgan fingerprint density at radius 2 is 1.74 bits per heavy atom. The van der Waals surface area contributed by atoms with Crippen LogP contribution in [0.4, 0.5) is 9.18 Å². The largest absolute Gasteiger partial charge is 0.487 e. The minimum Gasteiger partial charge on any atom is -0.487 e. The highest BCUT2D eigenvalue weighted by Crippen LogP contribution is 2.26. The number of carbonyl (C=O) groups is 1. The Morgan fingerprint density at radius 1 is 1.13 bits per heavy atom. The lowest BCUT2D eigenvalue weighted by Gasteiger charge is -2.29. The lowest BCUT2D eigenvalue weighted by Crippen LogP contribution is -2.41. The maximum Gasteiger partial charge on any atom is 0.410 e. The summed E-state index contributed by atoms with van der Waals surface area (Å²) in [6.07, 6.45) is 7.14. The van der Waals surface area contributed by atoms with Gasteiger partial charge in [-0.25, -0.2) is 17.6 Å². The van der Waals surface area contributed by atoms with Gasteiger partial charge in [0.1, 0.15) is 0 Å². The van der Waals surface area contributed by atoms with Crippen molar-refractivity contribution in [3.8, 4) is 5.75 Å². The highest BCUT2D eigenvalue weighted by Gasteiger charge is 2.22. The molecule has 176 valence electrons. The first-order valence-electron chi connectivity index (χ1n) is 10.9. The van der Waals surface area contributed by atoms with Gasteiger partial charge in [0.2, 0.25) is 0 Å². The van der Waals surface area contributed by atoms with Crippen LogP contribution in [0.2, 0.25) is 0 Å². The molecule has 1 N–H and O–H groups in total. The van der Waals surface area contributed by atoms with Crippen molar-refractivity contribution in [3.63, 3.8) is 0 Å². The molecule has 0 bridgehead atoms. The summed E-state index contributed by atoms with van der Waals surface area (Å²) in [7, 11) is -3.37. The van der Waals surface area contributed by atoms with Crippen LogP contribution in [0.3, 0.4) is 0 Å². The molecule has 1 aliphatic carbocycles. The molecule has 1 saturated carbocycles. The number of likely N-dealkylation sites (tertiary alicyclic amines) is 1. The summed E-state index contributed by atoms with van der Waals surface area (Å²) in [6, 6.07) is 3.81. The molecule has 31 heavy (non-hydrogen) atoms. The van der Waals surface area contributed by atoms with Gasteiger partial charge >= 0.3 is 6.09 Å². The number of halogens is 1. The summed E-state index contributed by atoms with van der Waals surface area (Å²) in [5.41, 5.74) is 0. The monoisotopic (exact) mass is 459 g/mol. The molecule has 1 heterocycles. The zero-order chi connectivity index (χ0) is 23.0. The Kier molecular flexibility index (Phi) is 9.55. The van der Waals surface area contributed by atoms with E-state index in [1.165, 1.54) is 18.6 Å². The normalized spacial score (nSPS) is 18.3. The van der Waals surface area contributed by atoms with Crippen LogP contribution < -0.4 is 4.74 Å². The number of hydrogen-bond acceptors (Lipinski definition) is 6.